The van der Waals surface area contributed by atoms with Gasteiger partial charge in [-0.3, -0.25) is 0 Å². The van der Waals surface area contributed by atoms with Gasteiger partial charge < -0.3 is 10.2 Å². The fourth-order valence-electron chi connectivity index (χ4n) is 2.50. The van der Waals surface area contributed by atoms with Crippen LogP contribution >= 0.6 is 0 Å². The zero-order chi connectivity index (χ0) is 13.0. The van der Waals surface area contributed by atoms with Crippen LogP contribution in [0.4, 0.5) is 5.82 Å². The topological polar surface area (TPSA) is 28.2 Å². The van der Waals surface area contributed by atoms with Crippen molar-refractivity contribution in [1.29, 1.82) is 0 Å². The summed E-state index contributed by atoms with van der Waals surface area (Å²) in [7, 11) is 1.98. The highest BCUT2D eigenvalue weighted by Gasteiger charge is 2.15. The number of aromatic nitrogens is 1. The molecule has 3 heteroatoms. The second-order valence-electron chi connectivity index (χ2n) is 5.48. The van der Waals surface area contributed by atoms with Crippen LogP contribution in [-0.2, 0) is 0 Å². The SMILES string of the molecule is CNC(C)c1ccc(N2CCCC(C)CC2)nc1. The van der Waals surface area contributed by atoms with E-state index in [4.69, 9.17) is 0 Å². The molecule has 100 valence electrons. The van der Waals surface area contributed by atoms with Crippen molar-refractivity contribution in [2.45, 2.75) is 39.2 Å². The van der Waals surface area contributed by atoms with Crippen LogP contribution in [0.3, 0.4) is 0 Å². The maximum atomic E-state index is 4.62. The summed E-state index contributed by atoms with van der Waals surface area (Å²) >= 11 is 0. The number of nitrogens with one attached hydrogen (secondary N) is 1. The van der Waals surface area contributed by atoms with Crippen molar-refractivity contribution in [2.75, 3.05) is 25.0 Å². The third-order valence-electron chi connectivity index (χ3n) is 4.04. The molecule has 0 bridgehead atoms. The predicted octanol–water partition coefficient (Wildman–Crippen LogP) is 2.99. The molecular weight excluding hydrogens is 222 g/mol. The van der Waals surface area contributed by atoms with E-state index in [9.17, 15) is 0 Å². The molecule has 0 radical (unpaired) electrons. The van der Waals surface area contributed by atoms with E-state index in [0.717, 1.165) is 24.8 Å². The molecule has 1 aliphatic heterocycles. The van der Waals surface area contributed by atoms with Gasteiger partial charge in [0.15, 0.2) is 0 Å². The lowest BCUT2D eigenvalue weighted by Gasteiger charge is -2.22. The lowest BCUT2D eigenvalue weighted by atomic mass is 10.0. The van der Waals surface area contributed by atoms with Crippen molar-refractivity contribution in [2.24, 2.45) is 5.92 Å². The van der Waals surface area contributed by atoms with E-state index >= 15 is 0 Å². The molecule has 0 aliphatic carbocycles. The Balaban J connectivity index is 2.04. The van der Waals surface area contributed by atoms with Gasteiger partial charge in [-0.05, 0) is 50.8 Å². The largest absolute Gasteiger partial charge is 0.357 e. The smallest absolute Gasteiger partial charge is 0.128 e. The van der Waals surface area contributed by atoms with Gasteiger partial charge in [-0.1, -0.05) is 13.0 Å². The van der Waals surface area contributed by atoms with E-state index < -0.39 is 0 Å². The van der Waals surface area contributed by atoms with Crippen LogP contribution in [0, 0.1) is 5.92 Å². The lowest BCUT2D eigenvalue weighted by molar-refractivity contribution is 0.521. The average Bonchev–Trinajstić information content (AvgIpc) is 2.63. The number of rotatable bonds is 3. The highest BCUT2D eigenvalue weighted by molar-refractivity contribution is 5.39. The Bertz CT molecular complexity index is 361. The van der Waals surface area contributed by atoms with Gasteiger partial charge in [-0.15, -0.1) is 0 Å². The van der Waals surface area contributed by atoms with E-state index in [-0.39, 0.29) is 0 Å². The molecule has 1 fully saturated rings. The summed E-state index contributed by atoms with van der Waals surface area (Å²) < 4.78 is 0. The first-order valence-corrected chi connectivity index (χ1v) is 7.09. The molecule has 2 heterocycles. The Morgan fingerprint density at radius 1 is 1.33 bits per heavy atom. The normalized spacial score (nSPS) is 22.6. The first-order chi connectivity index (χ1) is 8.70. The monoisotopic (exact) mass is 247 g/mol. The molecule has 1 saturated heterocycles. The summed E-state index contributed by atoms with van der Waals surface area (Å²) in [5.74, 6) is 2.00. The van der Waals surface area contributed by atoms with Crippen LogP contribution < -0.4 is 10.2 Å². The van der Waals surface area contributed by atoms with Gasteiger partial charge in [-0.25, -0.2) is 4.98 Å². The van der Waals surface area contributed by atoms with E-state index in [0.29, 0.717) is 6.04 Å². The molecular formula is C15H25N3. The molecule has 0 amide bonds. The third-order valence-corrected chi connectivity index (χ3v) is 4.04. The summed E-state index contributed by atoms with van der Waals surface area (Å²) in [5.41, 5.74) is 1.25. The number of hydrogen-bond donors (Lipinski definition) is 1. The van der Waals surface area contributed by atoms with Crippen LogP contribution in [0.15, 0.2) is 18.3 Å². The van der Waals surface area contributed by atoms with E-state index in [2.05, 4.69) is 41.2 Å². The molecule has 0 spiro atoms. The van der Waals surface area contributed by atoms with E-state index in [1.165, 1.54) is 24.8 Å². The third kappa shape index (κ3) is 3.22. The van der Waals surface area contributed by atoms with Gasteiger partial charge in [0, 0.05) is 25.3 Å². The minimum absolute atomic E-state index is 0.371. The first kappa shape index (κ1) is 13.3. The predicted molar refractivity (Wildman–Crippen MR) is 76.9 cm³/mol. The van der Waals surface area contributed by atoms with Crippen molar-refractivity contribution < 1.29 is 0 Å². The first-order valence-electron chi connectivity index (χ1n) is 7.09. The number of hydrogen-bond acceptors (Lipinski definition) is 3. The van der Waals surface area contributed by atoms with Gasteiger partial charge in [-0.2, -0.15) is 0 Å². The fraction of sp³-hybridized carbons (Fsp3) is 0.667. The van der Waals surface area contributed by atoms with Crippen LogP contribution in [-0.4, -0.2) is 25.1 Å². The Hall–Kier alpha value is -1.09. The van der Waals surface area contributed by atoms with Crippen molar-refractivity contribution in [3.63, 3.8) is 0 Å². The standard InChI is InChI=1S/C15H25N3/c1-12-5-4-9-18(10-8-12)15-7-6-14(11-17-15)13(2)16-3/h6-7,11-13,16H,4-5,8-10H2,1-3H3. The number of nitrogens with zero attached hydrogens (tertiary/aromatic N) is 2. The van der Waals surface area contributed by atoms with Gasteiger partial charge >= 0.3 is 0 Å². The fourth-order valence-corrected chi connectivity index (χ4v) is 2.50. The zero-order valence-corrected chi connectivity index (χ0v) is 11.8. The van der Waals surface area contributed by atoms with E-state index in [1.807, 2.05) is 13.2 Å². The molecule has 2 rings (SSSR count). The lowest BCUT2D eigenvalue weighted by Crippen LogP contribution is -2.25. The second-order valence-corrected chi connectivity index (χ2v) is 5.48. The zero-order valence-electron chi connectivity index (χ0n) is 11.8. The molecule has 2 atom stereocenters. The maximum Gasteiger partial charge on any atom is 0.128 e. The molecule has 18 heavy (non-hydrogen) atoms. The maximum absolute atomic E-state index is 4.62. The van der Waals surface area contributed by atoms with Crippen molar-refractivity contribution in [3.8, 4) is 0 Å². The Kier molecular flexibility index (Phi) is 4.59. The molecule has 1 aliphatic rings. The molecule has 1 aromatic heterocycles. The molecule has 3 nitrogen and oxygen atoms in total. The van der Waals surface area contributed by atoms with Gasteiger partial charge in [0.05, 0.1) is 0 Å². The quantitative estimate of drug-likeness (QED) is 0.890. The second kappa shape index (κ2) is 6.19. The van der Waals surface area contributed by atoms with Crippen molar-refractivity contribution in [1.82, 2.24) is 10.3 Å². The van der Waals surface area contributed by atoms with Crippen LogP contribution in [0.2, 0.25) is 0 Å². The Morgan fingerprint density at radius 3 is 2.83 bits per heavy atom. The molecule has 2 unspecified atom stereocenters. The minimum Gasteiger partial charge on any atom is -0.357 e. The van der Waals surface area contributed by atoms with E-state index in [1.54, 1.807) is 0 Å². The molecule has 0 saturated carbocycles. The van der Waals surface area contributed by atoms with Gasteiger partial charge in [0.25, 0.3) is 0 Å². The van der Waals surface area contributed by atoms with Crippen molar-refractivity contribution in [3.05, 3.63) is 23.9 Å². The number of anilines is 1. The summed E-state index contributed by atoms with van der Waals surface area (Å²) in [6, 6.07) is 4.73. The molecule has 1 aromatic rings. The van der Waals surface area contributed by atoms with Crippen LogP contribution in [0.25, 0.3) is 0 Å². The summed E-state index contributed by atoms with van der Waals surface area (Å²) in [6.45, 7) is 6.81. The highest BCUT2D eigenvalue weighted by Crippen LogP contribution is 2.21. The highest BCUT2D eigenvalue weighted by atomic mass is 15.2. The van der Waals surface area contributed by atoms with Crippen LogP contribution in [0.1, 0.15) is 44.7 Å². The minimum atomic E-state index is 0.371. The number of pyridine rings is 1. The Labute approximate surface area is 111 Å². The average molecular weight is 247 g/mol. The van der Waals surface area contributed by atoms with Crippen LogP contribution in [0.5, 0.6) is 0 Å². The summed E-state index contributed by atoms with van der Waals surface area (Å²) in [5, 5.41) is 3.24. The summed E-state index contributed by atoms with van der Waals surface area (Å²) in [6.07, 6.45) is 5.93. The van der Waals surface area contributed by atoms with Crippen molar-refractivity contribution >= 4 is 5.82 Å². The van der Waals surface area contributed by atoms with Gasteiger partial charge in [0.2, 0.25) is 0 Å². The van der Waals surface area contributed by atoms with Gasteiger partial charge in [0.1, 0.15) is 5.82 Å². The molecule has 1 N–H and O–H groups in total. The summed E-state index contributed by atoms with van der Waals surface area (Å²) in [4.78, 5) is 7.05. The molecule has 0 aromatic carbocycles. The Morgan fingerprint density at radius 2 is 2.17 bits per heavy atom.